The summed E-state index contributed by atoms with van der Waals surface area (Å²) in [4.78, 5) is 4.24. The molecule has 0 aliphatic carbocycles. The second kappa shape index (κ2) is 5.83. The van der Waals surface area contributed by atoms with Crippen LogP contribution in [0.25, 0.3) is 0 Å². The summed E-state index contributed by atoms with van der Waals surface area (Å²) in [6.45, 7) is 5.20. The molecule has 2 rings (SSSR count). The number of hydrogen-bond acceptors (Lipinski definition) is 4. The van der Waals surface area contributed by atoms with Gasteiger partial charge in [0.25, 0.3) is 10.0 Å². The third-order valence-electron chi connectivity index (χ3n) is 3.32. The molecule has 5 nitrogen and oxygen atoms in total. The van der Waals surface area contributed by atoms with Crippen LogP contribution in [0.4, 0.5) is 5.69 Å². The molecule has 0 bridgehead atoms. The highest BCUT2D eigenvalue weighted by molar-refractivity contribution is 7.92. The minimum Gasteiger partial charge on any atom is -0.392 e. The Bertz CT molecular complexity index is 753. The fraction of sp³-hybridized carbons (Fsp3) is 0.267. The Balaban J connectivity index is 2.44. The summed E-state index contributed by atoms with van der Waals surface area (Å²) in [7, 11) is -3.71. The molecule has 21 heavy (non-hydrogen) atoms. The number of nitrogens with zero attached hydrogens (tertiary/aromatic N) is 1. The normalized spacial score (nSPS) is 11.4. The van der Waals surface area contributed by atoms with Crippen molar-refractivity contribution in [3.8, 4) is 0 Å². The lowest BCUT2D eigenvalue weighted by molar-refractivity contribution is 0.281. The van der Waals surface area contributed by atoms with Crippen molar-refractivity contribution in [2.24, 2.45) is 0 Å². The van der Waals surface area contributed by atoms with Gasteiger partial charge in [-0.1, -0.05) is 6.07 Å². The average molecular weight is 306 g/mol. The van der Waals surface area contributed by atoms with Crippen molar-refractivity contribution in [3.05, 3.63) is 52.8 Å². The van der Waals surface area contributed by atoms with Gasteiger partial charge in [0.2, 0.25) is 0 Å². The molecule has 0 fully saturated rings. The summed E-state index contributed by atoms with van der Waals surface area (Å²) in [5.41, 5.74) is 3.28. The van der Waals surface area contributed by atoms with E-state index in [9.17, 15) is 13.5 Å². The van der Waals surface area contributed by atoms with E-state index >= 15 is 0 Å². The Morgan fingerprint density at radius 2 is 1.90 bits per heavy atom. The number of nitrogens with one attached hydrogen (secondary N) is 1. The molecule has 112 valence electrons. The van der Waals surface area contributed by atoms with E-state index in [0.717, 1.165) is 11.3 Å². The molecule has 1 aromatic carbocycles. The first kappa shape index (κ1) is 15.5. The van der Waals surface area contributed by atoms with Crippen LogP contribution in [0, 0.1) is 20.8 Å². The van der Waals surface area contributed by atoms with Crippen LogP contribution < -0.4 is 4.72 Å². The topological polar surface area (TPSA) is 79.3 Å². The van der Waals surface area contributed by atoms with E-state index in [4.69, 9.17) is 0 Å². The number of pyridine rings is 1. The summed E-state index contributed by atoms with van der Waals surface area (Å²) in [5, 5.41) is 9.24. The van der Waals surface area contributed by atoms with E-state index in [-0.39, 0.29) is 11.5 Å². The van der Waals surface area contributed by atoms with E-state index in [2.05, 4.69) is 9.71 Å². The minimum absolute atomic E-state index is 0.173. The first-order valence-electron chi connectivity index (χ1n) is 6.50. The maximum Gasteiger partial charge on any atom is 0.262 e. The van der Waals surface area contributed by atoms with Crippen molar-refractivity contribution in [3.63, 3.8) is 0 Å². The number of benzene rings is 1. The number of aliphatic hydroxyl groups is 1. The molecule has 1 heterocycles. The molecule has 0 unspecified atom stereocenters. The Labute approximate surface area is 124 Å². The smallest absolute Gasteiger partial charge is 0.262 e. The number of aromatic nitrogens is 1. The van der Waals surface area contributed by atoms with Gasteiger partial charge in [0, 0.05) is 5.69 Å². The van der Waals surface area contributed by atoms with Crippen LogP contribution in [0.2, 0.25) is 0 Å². The molecular formula is C15H18N2O3S. The zero-order chi connectivity index (χ0) is 15.6. The maximum absolute atomic E-state index is 12.5. The molecule has 0 aliphatic heterocycles. The summed E-state index contributed by atoms with van der Waals surface area (Å²) < 4.78 is 27.5. The van der Waals surface area contributed by atoms with Crippen molar-refractivity contribution in [1.29, 1.82) is 0 Å². The molecule has 0 saturated heterocycles. The van der Waals surface area contributed by atoms with Crippen LogP contribution in [0.15, 0.2) is 35.4 Å². The first-order valence-corrected chi connectivity index (χ1v) is 7.98. The Kier molecular flexibility index (Phi) is 4.29. The number of hydrogen-bond donors (Lipinski definition) is 2. The summed E-state index contributed by atoms with van der Waals surface area (Å²) in [6.07, 6.45) is 1.48. The van der Waals surface area contributed by atoms with Crippen LogP contribution in [-0.4, -0.2) is 18.5 Å². The Morgan fingerprint density at radius 3 is 2.48 bits per heavy atom. The molecule has 2 aromatic rings. The van der Waals surface area contributed by atoms with Gasteiger partial charge in [-0.3, -0.25) is 9.71 Å². The molecule has 2 N–H and O–H groups in total. The van der Waals surface area contributed by atoms with E-state index in [1.807, 2.05) is 13.8 Å². The molecule has 6 heteroatoms. The highest BCUT2D eigenvalue weighted by atomic mass is 32.2. The van der Waals surface area contributed by atoms with Gasteiger partial charge < -0.3 is 5.11 Å². The third kappa shape index (κ3) is 3.40. The lowest BCUT2D eigenvalue weighted by Gasteiger charge is -2.13. The summed E-state index contributed by atoms with van der Waals surface area (Å²) in [5.74, 6) is 0. The lowest BCUT2D eigenvalue weighted by Crippen LogP contribution is -2.15. The van der Waals surface area contributed by atoms with E-state index in [0.29, 0.717) is 16.8 Å². The highest BCUT2D eigenvalue weighted by Gasteiger charge is 2.19. The van der Waals surface area contributed by atoms with E-state index in [1.165, 1.54) is 12.3 Å². The van der Waals surface area contributed by atoms with Gasteiger partial charge >= 0.3 is 0 Å². The molecule has 0 spiro atoms. The van der Waals surface area contributed by atoms with Gasteiger partial charge in [0.15, 0.2) is 0 Å². The van der Waals surface area contributed by atoms with Crippen LogP contribution in [-0.2, 0) is 16.6 Å². The number of aliphatic hydroxyl groups excluding tert-OH is 1. The molecule has 1 aromatic heterocycles. The van der Waals surface area contributed by atoms with Gasteiger partial charge in [-0.05, 0) is 55.7 Å². The lowest BCUT2D eigenvalue weighted by atomic mass is 10.1. The fourth-order valence-electron chi connectivity index (χ4n) is 2.01. The van der Waals surface area contributed by atoms with Crippen LogP contribution in [0.5, 0.6) is 0 Å². The predicted molar refractivity (Wildman–Crippen MR) is 81.6 cm³/mol. The molecule has 0 aliphatic rings. The third-order valence-corrected chi connectivity index (χ3v) is 4.82. The van der Waals surface area contributed by atoms with Crippen molar-refractivity contribution < 1.29 is 13.5 Å². The van der Waals surface area contributed by atoms with Gasteiger partial charge in [-0.15, -0.1) is 0 Å². The van der Waals surface area contributed by atoms with Gasteiger partial charge in [0.05, 0.1) is 23.4 Å². The summed E-state index contributed by atoms with van der Waals surface area (Å²) >= 11 is 0. The van der Waals surface area contributed by atoms with Crippen LogP contribution in [0.3, 0.4) is 0 Å². The molecular weight excluding hydrogens is 288 g/mol. The number of rotatable bonds is 4. The molecule has 0 atom stereocenters. The van der Waals surface area contributed by atoms with E-state index < -0.39 is 10.0 Å². The second-order valence-electron chi connectivity index (χ2n) is 4.99. The second-order valence-corrected chi connectivity index (χ2v) is 6.64. The van der Waals surface area contributed by atoms with Gasteiger partial charge in [0.1, 0.15) is 0 Å². The van der Waals surface area contributed by atoms with Gasteiger partial charge in [-0.25, -0.2) is 8.42 Å². The summed E-state index contributed by atoms with van der Waals surface area (Å²) in [6, 6.07) is 6.67. The van der Waals surface area contributed by atoms with Crippen LogP contribution in [0.1, 0.15) is 22.4 Å². The highest BCUT2D eigenvalue weighted by Crippen LogP contribution is 2.23. The number of aryl methyl sites for hydroxylation is 2. The van der Waals surface area contributed by atoms with E-state index in [1.54, 1.807) is 25.1 Å². The molecule has 0 saturated carbocycles. The monoisotopic (exact) mass is 306 g/mol. The van der Waals surface area contributed by atoms with Crippen molar-refractivity contribution in [1.82, 2.24) is 4.98 Å². The largest absolute Gasteiger partial charge is 0.392 e. The average Bonchev–Trinajstić information content (AvgIpc) is 2.43. The Hall–Kier alpha value is -1.92. The standard InChI is InChI=1S/C15H18N2O3S/c1-10-6-13(9-18)7-15(12(10)3)21(19,20)17-14-5-4-11(2)16-8-14/h4-8,17-18H,9H2,1-3H3. The van der Waals surface area contributed by atoms with Crippen molar-refractivity contribution >= 4 is 15.7 Å². The predicted octanol–water partition coefficient (Wildman–Crippen LogP) is 2.30. The Morgan fingerprint density at radius 1 is 1.19 bits per heavy atom. The van der Waals surface area contributed by atoms with Crippen LogP contribution >= 0.6 is 0 Å². The minimum atomic E-state index is -3.71. The number of anilines is 1. The first-order chi connectivity index (χ1) is 9.83. The molecule has 0 radical (unpaired) electrons. The quantitative estimate of drug-likeness (QED) is 0.908. The molecule has 0 amide bonds. The zero-order valence-corrected chi connectivity index (χ0v) is 13.0. The fourth-order valence-corrected chi connectivity index (χ4v) is 3.42. The van der Waals surface area contributed by atoms with Crippen molar-refractivity contribution in [2.45, 2.75) is 32.3 Å². The zero-order valence-electron chi connectivity index (χ0n) is 12.2. The van der Waals surface area contributed by atoms with Gasteiger partial charge in [-0.2, -0.15) is 0 Å². The van der Waals surface area contributed by atoms with Crippen molar-refractivity contribution in [2.75, 3.05) is 4.72 Å². The SMILES string of the molecule is Cc1ccc(NS(=O)(=O)c2cc(CO)cc(C)c2C)cn1. The number of sulfonamides is 1. The maximum atomic E-state index is 12.5.